The van der Waals surface area contributed by atoms with E-state index >= 15 is 0 Å². The minimum absolute atomic E-state index is 0.0484. The number of imide groups is 1. The first-order valence-electron chi connectivity index (χ1n) is 7.20. The van der Waals surface area contributed by atoms with Crippen LogP contribution in [0.3, 0.4) is 0 Å². The van der Waals surface area contributed by atoms with Gasteiger partial charge in [-0.1, -0.05) is 6.07 Å². The van der Waals surface area contributed by atoms with Crippen molar-refractivity contribution in [1.29, 1.82) is 0 Å². The molecule has 124 valence electrons. The van der Waals surface area contributed by atoms with E-state index in [1.165, 1.54) is 23.1 Å². The highest BCUT2D eigenvalue weighted by molar-refractivity contribution is 8.15. The largest absolute Gasteiger partial charge is 0.508 e. The van der Waals surface area contributed by atoms with Crippen molar-refractivity contribution in [2.45, 2.75) is 18.6 Å². The van der Waals surface area contributed by atoms with E-state index in [9.17, 15) is 19.5 Å². The van der Waals surface area contributed by atoms with Crippen molar-refractivity contribution < 1.29 is 24.6 Å². The topological polar surface area (TPSA) is 98.2 Å². The van der Waals surface area contributed by atoms with Crippen molar-refractivity contribution in [3.63, 3.8) is 0 Å². The van der Waals surface area contributed by atoms with Crippen LogP contribution in [0.5, 0.6) is 5.75 Å². The predicted molar refractivity (Wildman–Crippen MR) is 86.3 cm³/mol. The summed E-state index contributed by atoms with van der Waals surface area (Å²) in [4.78, 5) is 39.1. The maximum Gasteiger partial charge on any atom is 0.293 e. The van der Waals surface area contributed by atoms with Gasteiger partial charge < -0.3 is 15.1 Å². The van der Waals surface area contributed by atoms with Crippen LogP contribution in [0, 0.1) is 0 Å². The molecule has 0 spiro atoms. The van der Waals surface area contributed by atoms with Gasteiger partial charge in [0.15, 0.2) is 0 Å². The molecular formula is C15H18N2O5S. The number of carbonyl (C=O) groups excluding carboxylic acids is 3. The summed E-state index contributed by atoms with van der Waals surface area (Å²) in [6.45, 7) is 2.25. The highest BCUT2D eigenvalue weighted by Gasteiger charge is 2.42. The Morgan fingerprint density at radius 3 is 2.74 bits per heavy atom. The van der Waals surface area contributed by atoms with Gasteiger partial charge in [0.1, 0.15) is 11.0 Å². The zero-order chi connectivity index (χ0) is 17.0. The average molecular weight is 338 g/mol. The van der Waals surface area contributed by atoms with Gasteiger partial charge in [0.05, 0.1) is 12.3 Å². The number of hydrogen-bond donors (Lipinski definition) is 2. The summed E-state index contributed by atoms with van der Waals surface area (Å²) >= 11 is 0.803. The number of nitrogens with zero attached hydrogens (tertiary/aromatic N) is 2. The van der Waals surface area contributed by atoms with E-state index in [1.807, 2.05) is 0 Å². The fourth-order valence-electron chi connectivity index (χ4n) is 2.32. The number of aliphatic hydroxyl groups is 1. The van der Waals surface area contributed by atoms with Crippen molar-refractivity contribution in [3.8, 4) is 5.75 Å². The van der Waals surface area contributed by atoms with Gasteiger partial charge in [-0.25, -0.2) is 4.90 Å². The molecule has 1 fully saturated rings. The number of likely N-dealkylation sites (N-methyl/N-ethyl adjacent to an activating group) is 1. The number of aliphatic hydroxyl groups excluding tert-OH is 1. The van der Waals surface area contributed by atoms with Gasteiger partial charge in [-0.2, -0.15) is 0 Å². The third kappa shape index (κ3) is 3.83. The Kier molecular flexibility index (Phi) is 5.62. The number of hydrogen-bond acceptors (Lipinski definition) is 6. The Morgan fingerprint density at radius 1 is 1.39 bits per heavy atom. The third-order valence-corrected chi connectivity index (χ3v) is 4.51. The molecule has 1 aliphatic rings. The molecule has 0 bridgehead atoms. The Balaban J connectivity index is 2.11. The summed E-state index contributed by atoms with van der Waals surface area (Å²) in [5.41, 5.74) is 0.283. The second-order valence-electron chi connectivity index (χ2n) is 4.97. The lowest BCUT2D eigenvalue weighted by atomic mass is 10.2. The lowest BCUT2D eigenvalue weighted by molar-refractivity contribution is -0.133. The molecule has 1 aliphatic heterocycles. The van der Waals surface area contributed by atoms with E-state index in [2.05, 4.69) is 0 Å². The Hall–Kier alpha value is -2.06. The van der Waals surface area contributed by atoms with E-state index in [0.29, 0.717) is 6.54 Å². The highest BCUT2D eigenvalue weighted by Crippen LogP contribution is 2.34. The number of phenolic OH excluding ortho intramolecular Hbond substituents is 1. The zero-order valence-corrected chi connectivity index (χ0v) is 13.5. The Labute approximate surface area is 137 Å². The van der Waals surface area contributed by atoms with E-state index in [4.69, 9.17) is 5.11 Å². The fourth-order valence-corrected chi connectivity index (χ4v) is 3.30. The molecule has 7 nitrogen and oxygen atoms in total. The smallest absolute Gasteiger partial charge is 0.293 e. The van der Waals surface area contributed by atoms with Crippen LogP contribution in [0.15, 0.2) is 24.3 Å². The van der Waals surface area contributed by atoms with Gasteiger partial charge in [0.25, 0.3) is 5.24 Å². The molecule has 1 saturated heterocycles. The van der Waals surface area contributed by atoms with E-state index in [-0.39, 0.29) is 36.9 Å². The number of phenols is 1. The van der Waals surface area contributed by atoms with Gasteiger partial charge in [-0.15, -0.1) is 0 Å². The predicted octanol–water partition coefficient (Wildman–Crippen LogP) is 1.19. The van der Waals surface area contributed by atoms with Gasteiger partial charge in [0.2, 0.25) is 11.8 Å². The second-order valence-corrected chi connectivity index (χ2v) is 6.12. The summed E-state index contributed by atoms with van der Waals surface area (Å²) in [6.07, 6.45) is -0.0988. The van der Waals surface area contributed by atoms with E-state index in [0.717, 1.165) is 16.7 Å². The standard InChI is InChI=1S/C15H18N2O5S/c1-2-16(6-7-18)13(20)9-12-14(21)17(15(22)23-12)10-4-3-5-11(19)8-10/h3-5,8,12,18-19H,2,6-7,9H2,1H3. The number of anilines is 1. The first-order chi connectivity index (χ1) is 11.0. The number of carbonyl (C=O) groups is 3. The van der Waals surface area contributed by atoms with Gasteiger partial charge >= 0.3 is 0 Å². The maximum absolute atomic E-state index is 12.4. The number of thioether (sulfide) groups is 1. The summed E-state index contributed by atoms with van der Waals surface area (Å²) in [6, 6.07) is 5.85. The lowest BCUT2D eigenvalue weighted by Crippen LogP contribution is -2.37. The summed E-state index contributed by atoms with van der Waals surface area (Å²) in [7, 11) is 0. The normalized spacial score (nSPS) is 17.7. The highest BCUT2D eigenvalue weighted by atomic mass is 32.2. The quantitative estimate of drug-likeness (QED) is 0.808. The monoisotopic (exact) mass is 338 g/mol. The van der Waals surface area contributed by atoms with Crippen molar-refractivity contribution in [2.75, 3.05) is 24.6 Å². The van der Waals surface area contributed by atoms with Crippen LogP contribution < -0.4 is 4.90 Å². The van der Waals surface area contributed by atoms with Crippen LogP contribution in [0.1, 0.15) is 13.3 Å². The van der Waals surface area contributed by atoms with Crippen molar-refractivity contribution in [1.82, 2.24) is 4.90 Å². The molecular weight excluding hydrogens is 320 g/mol. The summed E-state index contributed by atoms with van der Waals surface area (Å²) in [5.74, 6) is -0.801. The number of aromatic hydroxyl groups is 1. The van der Waals surface area contributed by atoms with Gasteiger partial charge in [0, 0.05) is 25.6 Å². The molecule has 1 aromatic rings. The van der Waals surface area contributed by atoms with Crippen LogP contribution in [-0.2, 0) is 9.59 Å². The Morgan fingerprint density at radius 2 is 2.13 bits per heavy atom. The molecule has 1 heterocycles. The minimum Gasteiger partial charge on any atom is -0.508 e. The summed E-state index contributed by atoms with van der Waals surface area (Å²) in [5, 5.41) is 17.2. The van der Waals surface area contributed by atoms with Crippen molar-refractivity contribution in [3.05, 3.63) is 24.3 Å². The molecule has 2 rings (SSSR count). The molecule has 1 aromatic carbocycles. The zero-order valence-electron chi connectivity index (χ0n) is 12.6. The average Bonchev–Trinajstić information content (AvgIpc) is 2.78. The second kappa shape index (κ2) is 7.47. The molecule has 0 aromatic heterocycles. The maximum atomic E-state index is 12.4. The molecule has 3 amide bonds. The number of rotatable bonds is 6. The summed E-state index contributed by atoms with van der Waals surface area (Å²) < 4.78 is 0. The number of benzene rings is 1. The third-order valence-electron chi connectivity index (χ3n) is 3.47. The van der Waals surface area contributed by atoms with Crippen molar-refractivity contribution >= 4 is 34.5 Å². The Bertz CT molecular complexity index is 622. The van der Waals surface area contributed by atoms with Crippen molar-refractivity contribution in [2.24, 2.45) is 0 Å². The van der Waals surface area contributed by atoms with Crippen LogP contribution >= 0.6 is 11.8 Å². The minimum atomic E-state index is -0.787. The lowest BCUT2D eigenvalue weighted by Gasteiger charge is -2.20. The van der Waals surface area contributed by atoms with Crippen LogP contribution in [0.2, 0.25) is 0 Å². The molecule has 0 aliphatic carbocycles. The molecule has 0 saturated carbocycles. The van der Waals surface area contributed by atoms with Crippen LogP contribution in [0.25, 0.3) is 0 Å². The molecule has 8 heteroatoms. The van der Waals surface area contributed by atoms with Gasteiger partial charge in [-0.3, -0.25) is 14.4 Å². The van der Waals surface area contributed by atoms with Gasteiger partial charge in [-0.05, 0) is 30.8 Å². The van der Waals surface area contributed by atoms with Crippen LogP contribution in [-0.4, -0.2) is 57.1 Å². The number of amides is 3. The molecule has 2 N–H and O–H groups in total. The first-order valence-corrected chi connectivity index (χ1v) is 8.08. The SMILES string of the molecule is CCN(CCO)C(=O)CC1SC(=O)N(c2cccc(O)c2)C1=O. The molecule has 0 radical (unpaired) electrons. The molecule has 1 unspecified atom stereocenters. The van der Waals surface area contributed by atoms with Crippen LogP contribution in [0.4, 0.5) is 10.5 Å². The van der Waals surface area contributed by atoms with E-state index < -0.39 is 16.4 Å². The first kappa shape index (κ1) is 17.3. The van der Waals surface area contributed by atoms with E-state index in [1.54, 1.807) is 13.0 Å². The fraction of sp³-hybridized carbons (Fsp3) is 0.400. The molecule has 23 heavy (non-hydrogen) atoms. The molecule has 1 atom stereocenters.